The molecular formula is C80H115N3O16. The van der Waals surface area contributed by atoms with E-state index in [1.165, 1.54) is 70.6 Å². The summed E-state index contributed by atoms with van der Waals surface area (Å²) in [6, 6.07) is 33.3. The maximum Gasteiger partial charge on any atom is 0.328 e. The smallest absolute Gasteiger partial charge is 0.328 e. The van der Waals surface area contributed by atoms with Crippen molar-refractivity contribution in [2.45, 2.75) is 295 Å². The number of hydrogen-bond donors (Lipinski definition) is 4. The zero-order valence-corrected chi connectivity index (χ0v) is 59.2. The van der Waals surface area contributed by atoms with Crippen molar-refractivity contribution in [2.75, 3.05) is 13.2 Å². The summed E-state index contributed by atoms with van der Waals surface area (Å²) in [6.45, 7) is 3.98. The van der Waals surface area contributed by atoms with Gasteiger partial charge in [-0.3, -0.25) is 33.6 Å². The predicted molar refractivity (Wildman–Crippen MR) is 380 cm³/mol. The van der Waals surface area contributed by atoms with Crippen LogP contribution in [0.2, 0.25) is 0 Å². The number of carbonyl (C=O) groups excluding carboxylic acids is 8. The van der Waals surface area contributed by atoms with E-state index >= 15 is 0 Å². The minimum atomic E-state index is -1.80. The van der Waals surface area contributed by atoms with Gasteiger partial charge in [0.1, 0.15) is 50.7 Å². The Morgan fingerprint density at radius 1 is 0.455 bits per heavy atom. The summed E-state index contributed by atoms with van der Waals surface area (Å²) in [5, 5.41) is 21.1. The number of nitrogens with one attached hydrogen (secondary N) is 3. The molecule has 0 saturated carbocycles. The quantitative estimate of drug-likeness (QED) is 0.0182. The number of rotatable bonds is 54. The van der Waals surface area contributed by atoms with Gasteiger partial charge in [0.2, 0.25) is 11.8 Å². The fourth-order valence-electron chi connectivity index (χ4n) is 11.8. The first-order valence-corrected chi connectivity index (χ1v) is 37.2. The minimum absolute atomic E-state index is 0.00478. The zero-order valence-electron chi connectivity index (χ0n) is 59.2. The van der Waals surface area contributed by atoms with E-state index in [0.29, 0.717) is 48.9 Å². The first kappa shape index (κ1) is 82.2. The van der Waals surface area contributed by atoms with E-state index in [2.05, 4.69) is 29.8 Å². The van der Waals surface area contributed by atoms with Crippen LogP contribution in [0.1, 0.15) is 259 Å². The van der Waals surface area contributed by atoms with E-state index in [4.69, 9.17) is 33.2 Å². The van der Waals surface area contributed by atoms with Gasteiger partial charge in [-0.15, -0.1) is 0 Å². The van der Waals surface area contributed by atoms with Crippen LogP contribution in [-0.4, -0.2) is 109 Å². The maximum atomic E-state index is 14.4. The SMILES string of the molecule is CCCCCCCCCCCCCC(=O)N[C@H]1[C@@H](OC(CC(=O)OCc2ccccc2)CC(=O)OCc2ccccc2)O[C@H](COC(=O)[C@@H](CCC(=O)OCc2ccccc2)NC(=O)CCCCCCCCCCCCC)[C@@H](O)[C@@H]1OC(=O)CCCCCCCNC(=O)c1ccccc1. The van der Waals surface area contributed by atoms with Gasteiger partial charge in [0, 0.05) is 37.8 Å². The standard InChI is InChI=1S/C80H115N3O16/c1-3-5-7-9-11-13-15-17-19-22-38-50-69(84)82-67(53-54-71(86)93-58-62-42-30-26-31-43-62)79(92)96-61-68-76(90)77(99-72(87)52-40-24-21-25-41-55-81-78(91)65-48-36-29-37-49-65)75(83-70(85)51-39-23-20-18-16-14-12-10-8-6-4-2)80(98-68)97-66(56-73(88)94-59-63-44-32-27-33-45-63)57-74(89)95-60-64-46-34-28-35-47-64/h26-37,42-49,66-68,75-77,80,90H,3-25,38-41,50-61H2,1-2H3,(H,81,91)(H,82,84)(H,83,85)/t67-,68-,75-,76-,77-,80+/m1/s1. The van der Waals surface area contributed by atoms with Crippen LogP contribution in [-0.2, 0) is 86.5 Å². The van der Waals surface area contributed by atoms with Crippen molar-refractivity contribution in [1.82, 2.24) is 16.0 Å². The Morgan fingerprint density at radius 2 is 0.869 bits per heavy atom. The van der Waals surface area contributed by atoms with Crippen molar-refractivity contribution in [2.24, 2.45) is 0 Å². The largest absolute Gasteiger partial charge is 0.461 e. The Hall–Kier alpha value is -7.48. The third kappa shape index (κ3) is 37.0. The Bertz CT molecular complexity index is 2810. The number of aliphatic hydroxyl groups is 1. The second kappa shape index (κ2) is 51.6. The molecule has 5 rings (SSSR count). The molecule has 546 valence electrons. The van der Waals surface area contributed by atoms with E-state index in [-0.39, 0.29) is 57.8 Å². The van der Waals surface area contributed by atoms with Crippen molar-refractivity contribution < 1.29 is 76.6 Å². The van der Waals surface area contributed by atoms with Gasteiger partial charge in [-0.2, -0.15) is 0 Å². The van der Waals surface area contributed by atoms with Crippen LogP contribution in [0.25, 0.3) is 0 Å². The Kier molecular flexibility index (Phi) is 42.9. The second-order valence-electron chi connectivity index (χ2n) is 26.2. The number of aliphatic hydroxyl groups excluding tert-OH is 1. The highest BCUT2D eigenvalue weighted by Crippen LogP contribution is 2.29. The Morgan fingerprint density at radius 3 is 1.34 bits per heavy atom. The lowest BCUT2D eigenvalue weighted by Gasteiger charge is -2.44. The fourth-order valence-corrected chi connectivity index (χ4v) is 11.8. The van der Waals surface area contributed by atoms with Crippen LogP contribution < -0.4 is 16.0 Å². The van der Waals surface area contributed by atoms with Crippen molar-refractivity contribution in [3.8, 4) is 0 Å². The third-order valence-electron chi connectivity index (χ3n) is 17.7. The van der Waals surface area contributed by atoms with Crippen LogP contribution in [0.3, 0.4) is 0 Å². The average Bonchev–Trinajstić information content (AvgIpc) is 0.793. The summed E-state index contributed by atoms with van der Waals surface area (Å²) in [6.07, 6.45) is 17.4. The van der Waals surface area contributed by atoms with Gasteiger partial charge in [0.05, 0.1) is 18.9 Å². The van der Waals surface area contributed by atoms with Crippen LogP contribution in [0, 0.1) is 0 Å². The highest BCUT2D eigenvalue weighted by molar-refractivity contribution is 5.94. The lowest BCUT2D eigenvalue weighted by Crippen LogP contribution is -2.66. The van der Waals surface area contributed by atoms with Gasteiger partial charge in [0.25, 0.3) is 5.91 Å². The molecule has 19 heteroatoms. The van der Waals surface area contributed by atoms with Gasteiger partial charge in [-0.05, 0) is 60.9 Å². The van der Waals surface area contributed by atoms with Crippen LogP contribution in [0.15, 0.2) is 121 Å². The second-order valence-corrected chi connectivity index (χ2v) is 26.2. The van der Waals surface area contributed by atoms with Crippen LogP contribution in [0.4, 0.5) is 0 Å². The normalized spacial score (nSPS) is 16.1. The number of unbranched alkanes of at least 4 members (excludes halogenated alkanes) is 24. The fraction of sp³-hybridized carbons (Fsp3) is 0.600. The third-order valence-corrected chi connectivity index (χ3v) is 17.7. The predicted octanol–water partition coefficient (Wildman–Crippen LogP) is 14.8. The molecule has 6 atom stereocenters. The average molecular weight is 1370 g/mol. The number of esters is 5. The molecule has 1 aliphatic heterocycles. The van der Waals surface area contributed by atoms with Crippen LogP contribution in [0.5, 0.6) is 0 Å². The molecule has 1 heterocycles. The molecule has 1 aliphatic rings. The van der Waals surface area contributed by atoms with Crippen LogP contribution >= 0.6 is 0 Å². The molecule has 1 fully saturated rings. The zero-order chi connectivity index (χ0) is 70.8. The maximum absolute atomic E-state index is 14.4. The minimum Gasteiger partial charge on any atom is -0.461 e. The first-order chi connectivity index (χ1) is 48.3. The molecule has 1 saturated heterocycles. The molecular weight excluding hydrogens is 1260 g/mol. The van der Waals surface area contributed by atoms with Gasteiger partial charge in [-0.1, -0.05) is 271 Å². The van der Waals surface area contributed by atoms with Gasteiger partial charge < -0.3 is 54.2 Å². The number of hydrogen-bond acceptors (Lipinski definition) is 16. The van der Waals surface area contributed by atoms with E-state index < -0.39 is 104 Å². The van der Waals surface area contributed by atoms with Gasteiger partial charge in [0.15, 0.2) is 12.4 Å². The summed E-state index contributed by atoms with van der Waals surface area (Å²) in [5.41, 5.74) is 2.75. The topological polar surface area (TPSA) is 257 Å². The van der Waals surface area contributed by atoms with Gasteiger partial charge in [-0.25, -0.2) is 4.79 Å². The monoisotopic (exact) mass is 1370 g/mol. The highest BCUT2D eigenvalue weighted by atomic mass is 16.7. The number of ether oxygens (including phenoxy) is 7. The molecule has 0 spiro atoms. The molecule has 4 N–H and O–H groups in total. The number of carbonyl (C=O) groups is 8. The van der Waals surface area contributed by atoms with Gasteiger partial charge >= 0.3 is 29.8 Å². The van der Waals surface area contributed by atoms with E-state index in [0.717, 1.165) is 82.6 Å². The van der Waals surface area contributed by atoms with Crippen molar-refractivity contribution in [3.05, 3.63) is 144 Å². The summed E-state index contributed by atoms with van der Waals surface area (Å²) in [4.78, 5) is 110. The Balaban J connectivity index is 1.38. The molecule has 4 aromatic carbocycles. The number of amides is 3. The highest BCUT2D eigenvalue weighted by Gasteiger charge is 2.50. The van der Waals surface area contributed by atoms with Crippen molar-refractivity contribution >= 4 is 47.6 Å². The molecule has 99 heavy (non-hydrogen) atoms. The van der Waals surface area contributed by atoms with E-state index in [1.807, 2.05) is 48.5 Å². The molecule has 3 amide bonds. The first-order valence-electron chi connectivity index (χ1n) is 37.2. The molecule has 0 aliphatic carbocycles. The summed E-state index contributed by atoms with van der Waals surface area (Å²) >= 11 is 0. The van der Waals surface area contributed by atoms with Crippen molar-refractivity contribution in [3.63, 3.8) is 0 Å². The molecule has 19 nitrogen and oxygen atoms in total. The molecule has 0 radical (unpaired) electrons. The molecule has 4 aromatic rings. The molecule has 0 aromatic heterocycles. The van der Waals surface area contributed by atoms with Crippen molar-refractivity contribution in [1.29, 1.82) is 0 Å². The van der Waals surface area contributed by atoms with E-state index in [1.54, 1.807) is 72.8 Å². The lowest BCUT2D eigenvalue weighted by atomic mass is 9.95. The molecule has 0 unspecified atom stereocenters. The Labute approximate surface area is 589 Å². The summed E-state index contributed by atoms with van der Waals surface area (Å²) in [7, 11) is 0. The van der Waals surface area contributed by atoms with E-state index in [9.17, 15) is 43.5 Å². The lowest BCUT2D eigenvalue weighted by molar-refractivity contribution is -0.286. The molecule has 0 bridgehead atoms. The number of benzene rings is 4. The summed E-state index contributed by atoms with van der Waals surface area (Å²) < 4.78 is 42.2. The summed E-state index contributed by atoms with van der Waals surface area (Å²) in [5.74, 6) is -4.85.